The molecular weight excluding hydrogens is 278 g/mol. The highest BCUT2D eigenvalue weighted by Crippen LogP contribution is 2.28. The van der Waals surface area contributed by atoms with E-state index in [0.717, 1.165) is 25.7 Å². The molecule has 1 aliphatic carbocycles. The minimum atomic E-state index is -3.82. The van der Waals surface area contributed by atoms with Gasteiger partial charge in [0, 0.05) is 12.5 Å². The second kappa shape index (κ2) is 5.99. The number of benzene rings is 1. The van der Waals surface area contributed by atoms with Crippen molar-refractivity contribution in [3.63, 3.8) is 0 Å². The Morgan fingerprint density at radius 1 is 1.30 bits per heavy atom. The SMILES string of the molecule is Nc1c(NCC2CCCCC2O)cccc1S(N)(=O)=O. The fraction of sp³-hybridized carbons (Fsp3) is 0.538. The van der Waals surface area contributed by atoms with Crippen LogP contribution in [0.1, 0.15) is 25.7 Å². The van der Waals surface area contributed by atoms with Crippen molar-refractivity contribution >= 4 is 21.4 Å². The normalized spacial score (nSPS) is 23.5. The van der Waals surface area contributed by atoms with Gasteiger partial charge in [0.15, 0.2) is 0 Å². The van der Waals surface area contributed by atoms with E-state index in [9.17, 15) is 13.5 Å². The number of nitrogens with one attached hydrogen (secondary N) is 1. The van der Waals surface area contributed by atoms with Crippen molar-refractivity contribution in [1.82, 2.24) is 0 Å². The molecule has 1 aromatic rings. The Kier molecular flexibility index (Phi) is 4.52. The number of primary sulfonamides is 1. The third-order valence-electron chi connectivity index (χ3n) is 3.80. The van der Waals surface area contributed by atoms with Crippen LogP contribution in [0.5, 0.6) is 0 Å². The summed E-state index contributed by atoms with van der Waals surface area (Å²) >= 11 is 0. The van der Waals surface area contributed by atoms with E-state index in [1.807, 2.05) is 0 Å². The predicted octanol–water partition coefficient (Wildman–Crippen LogP) is 0.879. The number of hydrogen-bond donors (Lipinski definition) is 4. The molecule has 2 rings (SSSR count). The van der Waals surface area contributed by atoms with Gasteiger partial charge < -0.3 is 16.2 Å². The molecule has 0 aromatic heterocycles. The van der Waals surface area contributed by atoms with E-state index in [2.05, 4.69) is 5.32 Å². The molecule has 2 atom stereocenters. The molecule has 0 spiro atoms. The summed E-state index contributed by atoms with van der Waals surface area (Å²) in [5, 5.41) is 18.1. The fourth-order valence-electron chi connectivity index (χ4n) is 2.61. The third kappa shape index (κ3) is 3.41. The third-order valence-corrected chi connectivity index (χ3v) is 4.77. The van der Waals surface area contributed by atoms with Gasteiger partial charge in [-0.1, -0.05) is 18.9 Å². The minimum absolute atomic E-state index is 0.0771. The lowest BCUT2D eigenvalue weighted by Crippen LogP contribution is -2.30. The van der Waals surface area contributed by atoms with Crippen LogP contribution in [-0.4, -0.2) is 26.2 Å². The van der Waals surface area contributed by atoms with Gasteiger partial charge in [-0.05, 0) is 25.0 Å². The maximum absolute atomic E-state index is 11.4. The second-order valence-electron chi connectivity index (χ2n) is 5.26. The molecule has 0 heterocycles. The van der Waals surface area contributed by atoms with Crippen molar-refractivity contribution in [3.05, 3.63) is 18.2 Å². The number of aliphatic hydroxyl groups excluding tert-OH is 1. The number of hydrogen-bond acceptors (Lipinski definition) is 5. The Morgan fingerprint density at radius 3 is 2.65 bits per heavy atom. The monoisotopic (exact) mass is 299 g/mol. The van der Waals surface area contributed by atoms with Crippen molar-refractivity contribution in [2.24, 2.45) is 11.1 Å². The number of rotatable bonds is 4. The Balaban J connectivity index is 2.10. The fourth-order valence-corrected chi connectivity index (χ4v) is 3.30. The smallest absolute Gasteiger partial charge is 0.240 e. The summed E-state index contributed by atoms with van der Waals surface area (Å²) in [4.78, 5) is -0.0771. The van der Waals surface area contributed by atoms with Gasteiger partial charge in [-0.2, -0.15) is 0 Å². The first-order valence-electron chi connectivity index (χ1n) is 6.73. The van der Waals surface area contributed by atoms with Crippen LogP contribution in [-0.2, 0) is 10.0 Å². The summed E-state index contributed by atoms with van der Waals surface area (Å²) in [6.07, 6.45) is 3.64. The first-order chi connectivity index (χ1) is 9.39. The highest BCUT2D eigenvalue weighted by Gasteiger charge is 2.23. The molecule has 0 bridgehead atoms. The molecule has 0 radical (unpaired) electrons. The lowest BCUT2D eigenvalue weighted by atomic mass is 9.86. The lowest BCUT2D eigenvalue weighted by Gasteiger charge is -2.28. The maximum atomic E-state index is 11.4. The van der Waals surface area contributed by atoms with Crippen LogP contribution >= 0.6 is 0 Å². The largest absolute Gasteiger partial charge is 0.396 e. The van der Waals surface area contributed by atoms with Crippen molar-refractivity contribution in [2.45, 2.75) is 36.7 Å². The zero-order valence-electron chi connectivity index (χ0n) is 11.2. The summed E-state index contributed by atoms with van der Waals surface area (Å²) in [5.74, 6) is 0.168. The predicted molar refractivity (Wildman–Crippen MR) is 78.7 cm³/mol. The molecule has 7 heteroatoms. The van der Waals surface area contributed by atoms with Crippen LogP contribution in [0.2, 0.25) is 0 Å². The molecular formula is C13H21N3O3S. The molecule has 20 heavy (non-hydrogen) atoms. The highest BCUT2D eigenvalue weighted by molar-refractivity contribution is 7.89. The Bertz CT molecular complexity index is 574. The van der Waals surface area contributed by atoms with E-state index in [4.69, 9.17) is 10.9 Å². The van der Waals surface area contributed by atoms with Crippen molar-refractivity contribution < 1.29 is 13.5 Å². The quantitative estimate of drug-likeness (QED) is 0.615. The maximum Gasteiger partial charge on any atom is 0.240 e. The molecule has 112 valence electrons. The van der Waals surface area contributed by atoms with Crippen LogP contribution < -0.4 is 16.2 Å². The first kappa shape index (κ1) is 15.1. The Hall–Kier alpha value is -1.31. The molecule has 2 unspecified atom stereocenters. The zero-order valence-corrected chi connectivity index (χ0v) is 12.1. The van der Waals surface area contributed by atoms with Crippen LogP contribution in [0.4, 0.5) is 11.4 Å². The number of anilines is 2. The van der Waals surface area contributed by atoms with Crippen LogP contribution in [0, 0.1) is 5.92 Å². The Labute approximate surface area is 119 Å². The molecule has 1 fully saturated rings. The van der Waals surface area contributed by atoms with Crippen molar-refractivity contribution in [2.75, 3.05) is 17.6 Å². The van der Waals surface area contributed by atoms with Gasteiger partial charge in [0.25, 0.3) is 0 Å². The van der Waals surface area contributed by atoms with Gasteiger partial charge in [-0.15, -0.1) is 0 Å². The van der Waals surface area contributed by atoms with Gasteiger partial charge in [-0.3, -0.25) is 0 Å². The van der Waals surface area contributed by atoms with Gasteiger partial charge in [0.05, 0.1) is 17.5 Å². The van der Waals surface area contributed by atoms with E-state index in [1.165, 1.54) is 6.07 Å². The minimum Gasteiger partial charge on any atom is -0.396 e. The van der Waals surface area contributed by atoms with Crippen molar-refractivity contribution in [1.29, 1.82) is 0 Å². The van der Waals surface area contributed by atoms with E-state index < -0.39 is 10.0 Å². The molecule has 6 N–H and O–H groups in total. The highest BCUT2D eigenvalue weighted by atomic mass is 32.2. The number of nitrogen functional groups attached to an aromatic ring is 1. The van der Waals surface area contributed by atoms with Crippen LogP contribution in [0.15, 0.2) is 23.1 Å². The van der Waals surface area contributed by atoms with Gasteiger partial charge in [0.2, 0.25) is 10.0 Å². The molecule has 0 saturated heterocycles. The number of sulfonamides is 1. The van der Waals surface area contributed by atoms with Gasteiger partial charge in [-0.25, -0.2) is 13.6 Å². The van der Waals surface area contributed by atoms with Crippen LogP contribution in [0.25, 0.3) is 0 Å². The van der Waals surface area contributed by atoms with Crippen molar-refractivity contribution in [3.8, 4) is 0 Å². The summed E-state index contributed by atoms with van der Waals surface area (Å²) in [6.45, 7) is 0.569. The summed E-state index contributed by atoms with van der Waals surface area (Å²) in [6, 6.07) is 4.68. The Morgan fingerprint density at radius 2 is 2.00 bits per heavy atom. The van der Waals surface area contributed by atoms with E-state index >= 15 is 0 Å². The molecule has 6 nitrogen and oxygen atoms in total. The van der Waals surface area contributed by atoms with Crippen LogP contribution in [0.3, 0.4) is 0 Å². The average Bonchev–Trinajstić information content (AvgIpc) is 2.38. The summed E-state index contributed by atoms with van der Waals surface area (Å²) in [5.41, 5.74) is 6.50. The number of aliphatic hydroxyl groups is 1. The van der Waals surface area contributed by atoms with E-state index in [0.29, 0.717) is 12.2 Å². The van der Waals surface area contributed by atoms with E-state index in [1.54, 1.807) is 12.1 Å². The molecule has 0 aliphatic heterocycles. The van der Waals surface area contributed by atoms with E-state index in [-0.39, 0.29) is 22.6 Å². The standard InChI is InChI=1S/C13H21N3O3S/c14-13-10(5-3-7-12(13)20(15,18)19)16-8-9-4-1-2-6-11(9)17/h3,5,7,9,11,16-17H,1-2,4,6,8,14H2,(H2,15,18,19). The first-order valence-corrected chi connectivity index (χ1v) is 8.27. The number of nitrogens with two attached hydrogens (primary N) is 2. The topological polar surface area (TPSA) is 118 Å². The summed E-state index contributed by atoms with van der Waals surface area (Å²) in [7, 11) is -3.82. The molecule has 1 aromatic carbocycles. The molecule has 1 saturated carbocycles. The second-order valence-corrected chi connectivity index (χ2v) is 6.79. The zero-order chi connectivity index (χ0) is 14.8. The van der Waals surface area contributed by atoms with Gasteiger partial charge in [0.1, 0.15) is 4.90 Å². The lowest BCUT2D eigenvalue weighted by molar-refractivity contribution is 0.0763. The average molecular weight is 299 g/mol. The van der Waals surface area contributed by atoms with Gasteiger partial charge >= 0.3 is 0 Å². The summed E-state index contributed by atoms with van der Waals surface area (Å²) < 4.78 is 22.8. The molecule has 1 aliphatic rings. The number of para-hydroxylation sites is 1. The molecule has 0 amide bonds.